The van der Waals surface area contributed by atoms with E-state index < -0.39 is 36.4 Å². The SMILES string of the molecule is CN[C@@H](C)C(=O)NC(C(=O)N1CCC[C@H]1Cn1nnnc1Sc1ccccc1)[C@@H](C)OCC#CC#CCO[C@H](C)C(NC(=O)[C@H](C)NC)C(=O)N1CCC[C@H]1Cn1nnnc1Sc1ccccc1. The number of hydrogen-bond donors (Lipinski definition) is 4. The molecule has 0 radical (unpaired) electrons. The molecule has 2 aliphatic rings. The average Bonchev–Trinajstić information content (AvgIpc) is 4.20. The van der Waals surface area contributed by atoms with E-state index in [9.17, 15) is 19.2 Å². The number of rotatable bonds is 22. The van der Waals surface area contributed by atoms with Crippen molar-refractivity contribution in [1.82, 2.24) is 71.5 Å². The van der Waals surface area contributed by atoms with Gasteiger partial charge in [-0.3, -0.25) is 19.2 Å². The molecular weight excluding hydrogens is 909 g/mol. The molecule has 2 unspecified atom stereocenters. The molecule has 20 nitrogen and oxygen atoms in total. The van der Waals surface area contributed by atoms with Crippen molar-refractivity contribution in [3.05, 3.63) is 60.7 Å². The topological polar surface area (TPSA) is 229 Å². The van der Waals surface area contributed by atoms with Gasteiger partial charge in [0.25, 0.3) is 0 Å². The molecule has 68 heavy (non-hydrogen) atoms. The molecule has 2 saturated heterocycles. The van der Waals surface area contributed by atoms with Crippen molar-refractivity contribution in [2.75, 3.05) is 40.4 Å². The number of likely N-dealkylation sites (N-methyl/N-ethyl adjacent to an activating group) is 2. The van der Waals surface area contributed by atoms with Gasteiger partial charge in [0.15, 0.2) is 0 Å². The monoisotopic (exact) mass is 968 g/mol. The lowest BCUT2D eigenvalue weighted by molar-refractivity contribution is -0.142. The molecule has 4 amide bonds. The van der Waals surface area contributed by atoms with Crippen LogP contribution >= 0.6 is 23.5 Å². The minimum atomic E-state index is -0.993. The minimum absolute atomic E-state index is 0.0667. The fourth-order valence-corrected chi connectivity index (χ4v) is 9.22. The summed E-state index contributed by atoms with van der Waals surface area (Å²) in [7, 11) is 3.34. The van der Waals surface area contributed by atoms with E-state index in [2.05, 4.69) is 76.0 Å². The van der Waals surface area contributed by atoms with E-state index in [-0.39, 0.29) is 48.9 Å². The number of nitrogens with zero attached hydrogens (tertiary/aromatic N) is 10. The predicted octanol–water partition coefficient (Wildman–Crippen LogP) is 1.65. The molecule has 0 saturated carbocycles. The molecular formula is C46H60N14O6S2. The summed E-state index contributed by atoms with van der Waals surface area (Å²) in [5.41, 5.74) is 0. The number of hydrogen-bond acceptors (Lipinski definition) is 16. The summed E-state index contributed by atoms with van der Waals surface area (Å²) >= 11 is 2.88. The maximum atomic E-state index is 14.2. The van der Waals surface area contributed by atoms with Crippen LogP contribution in [0, 0.1) is 23.7 Å². The Morgan fingerprint density at radius 2 is 1.04 bits per heavy atom. The second-order valence-electron chi connectivity index (χ2n) is 16.4. The van der Waals surface area contributed by atoms with Gasteiger partial charge in [0, 0.05) is 22.9 Å². The van der Waals surface area contributed by atoms with Gasteiger partial charge in [-0.2, -0.15) is 0 Å². The fourth-order valence-electron chi connectivity index (χ4n) is 7.62. The number of amides is 4. The van der Waals surface area contributed by atoms with E-state index >= 15 is 0 Å². The number of carbonyl (C=O) groups is 4. The summed E-state index contributed by atoms with van der Waals surface area (Å²) in [5.74, 6) is 10.00. The van der Waals surface area contributed by atoms with E-state index in [0.29, 0.717) is 36.5 Å². The standard InChI is InChI=1S/C46H60N14O6S2/c1-31(47-5)41(61)49-39(43(63)57-25-17-19-35(57)29-59-45(51-53-55-59)67-37-21-11-9-12-22-37)33(3)65-27-15-7-8-16-28-66-34(4)40(50-42(62)32(2)48-6)44(64)58-26-18-20-36(58)30-60-46(52-54-56-60)68-38-23-13-10-14-24-38/h9-14,21-24,31-36,39-40,47-48H,17-20,25-30H2,1-6H3,(H,49,61)(H,50,62)/t31-,32-,33+,34+,35-,36-,39?,40?/m0/s1. The molecule has 4 aromatic rings. The van der Waals surface area contributed by atoms with Gasteiger partial charge in [0.05, 0.1) is 49.5 Å². The first kappa shape index (κ1) is 51.5. The summed E-state index contributed by atoms with van der Waals surface area (Å²) in [5, 5.41) is 37.5. The normalized spacial score (nSPS) is 18.3. The van der Waals surface area contributed by atoms with Crippen LogP contribution in [0.2, 0.25) is 0 Å². The number of benzene rings is 2. The van der Waals surface area contributed by atoms with E-state index in [1.165, 1.54) is 23.5 Å². The van der Waals surface area contributed by atoms with Crippen molar-refractivity contribution in [2.45, 2.75) is 135 Å². The van der Waals surface area contributed by atoms with Crippen LogP contribution in [0.5, 0.6) is 0 Å². The summed E-state index contributed by atoms with van der Waals surface area (Å²) in [6, 6.07) is 16.1. The highest BCUT2D eigenvalue weighted by Crippen LogP contribution is 2.29. The van der Waals surface area contributed by atoms with E-state index in [4.69, 9.17) is 9.47 Å². The molecule has 4 heterocycles. The molecule has 8 atom stereocenters. The summed E-state index contributed by atoms with van der Waals surface area (Å²) in [4.78, 5) is 60.3. The van der Waals surface area contributed by atoms with Gasteiger partial charge in [0.2, 0.25) is 33.9 Å². The van der Waals surface area contributed by atoms with Gasteiger partial charge < -0.3 is 40.5 Å². The Hall–Kier alpha value is -5.88. The van der Waals surface area contributed by atoms with Gasteiger partial charge >= 0.3 is 0 Å². The van der Waals surface area contributed by atoms with Gasteiger partial charge in [-0.15, -0.1) is 10.2 Å². The van der Waals surface area contributed by atoms with Crippen LogP contribution in [-0.2, 0) is 41.7 Å². The Kier molecular flexibility index (Phi) is 19.7. The third-order valence-electron chi connectivity index (χ3n) is 11.8. The zero-order chi connectivity index (χ0) is 48.4. The Morgan fingerprint density at radius 3 is 1.43 bits per heavy atom. The Bertz CT molecular complexity index is 2240. The van der Waals surface area contributed by atoms with Crippen molar-refractivity contribution in [1.29, 1.82) is 0 Å². The number of aromatic nitrogens is 8. The second-order valence-corrected chi connectivity index (χ2v) is 18.5. The van der Waals surface area contributed by atoms with Crippen molar-refractivity contribution in [3.8, 4) is 23.7 Å². The third kappa shape index (κ3) is 14.3. The number of ether oxygens (including phenoxy) is 2. The first-order valence-corrected chi connectivity index (χ1v) is 24.3. The highest BCUT2D eigenvalue weighted by atomic mass is 32.2. The van der Waals surface area contributed by atoms with Crippen LogP contribution in [0.15, 0.2) is 80.8 Å². The molecule has 2 aromatic carbocycles. The van der Waals surface area contributed by atoms with Crippen LogP contribution in [-0.4, -0.2) is 163 Å². The van der Waals surface area contributed by atoms with Crippen LogP contribution < -0.4 is 21.3 Å². The fraction of sp³-hybridized carbons (Fsp3) is 0.522. The summed E-state index contributed by atoms with van der Waals surface area (Å²) in [6.07, 6.45) is 1.58. The van der Waals surface area contributed by atoms with E-state index in [1.54, 1.807) is 61.0 Å². The van der Waals surface area contributed by atoms with Crippen LogP contribution in [0.1, 0.15) is 53.4 Å². The number of nitrogens with one attached hydrogen (secondary N) is 4. The molecule has 0 bridgehead atoms. The zero-order valence-corrected chi connectivity index (χ0v) is 40.8. The Morgan fingerprint density at radius 1 is 0.647 bits per heavy atom. The molecule has 2 aromatic heterocycles. The Labute approximate surface area is 405 Å². The number of carbonyl (C=O) groups excluding carboxylic acids is 4. The minimum Gasteiger partial charge on any atom is -0.363 e. The third-order valence-corrected chi connectivity index (χ3v) is 13.8. The Balaban J connectivity index is 1.04. The van der Waals surface area contributed by atoms with Gasteiger partial charge in [-0.05, 0) is 148 Å². The largest absolute Gasteiger partial charge is 0.363 e. The smallest absolute Gasteiger partial charge is 0.248 e. The van der Waals surface area contributed by atoms with Crippen molar-refractivity contribution < 1.29 is 28.7 Å². The first-order valence-electron chi connectivity index (χ1n) is 22.7. The highest BCUT2D eigenvalue weighted by Gasteiger charge is 2.39. The summed E-state index contributed by atoms with van der Waals surface area (Å²) in [6.45, 7) is 8.54. The molecule has 6 rings (SSSR count). The van der Waals surface area contributed by atoms with E-state index in [0.717, 1.165) is 35.5 Å². The molecule has 2 fully saturated rings. The molecule has 22 heteroatoms. The van der Waals surface area contributed by atoms with Crippen LogP contribution in [0.25, 0.3) is 0 Å². The molecule has 0 spiro atoms. The number of tetrazole rings is 2. The highest BCUT2D eigenvalue weighted by molar-refractivity contribution is 7.99. The summed E-state index contributed by atoms with van der Waals surface area (Å²) < 4.78 is 15.5. The first-order chi connectivity index (χ1) is 33.0. The van der Waals surface area contributed by atoms with Gasteiger partial charge in [0.1, 0.15) is 25.3 Å². The lowest BCUT2D eigenvalue weighted by Crippen LogP contribution is -2.58. The van der Waals surface area contributed by atoms with E-state index in [1.807, 2.05) is 60.7 Å². The van der Waals surface area contributed by atoms with Crippen LogP contribution in [0.4, 0.5) is 0 Å². The van der Waals surface area contributed by atoms with Crippen molar-refractivity contribution in [3.63, 3.8) is 0 Å². The average molecular weight is 969 g/mol. The van der Waals surface area contributed by atoms with Crippen molar-refractivity contribution in [2.24, 2.45) is 0 Å². The molecule has 0 aliphatic carbocycles. The molecule has 4 N–H and O–H groups in total. The maximum absolute atomic E-state index is 14.2. The van der Waals surface area contributed by atoms with Crippen molar-refractivity contribution >= 4 is 47.2 Å². The lowest BCUT2D eigenvalue weighted by Gasteiger charge is -2.32. The zero-order valence-electron chi connectivity index (χ0n) is 39.2. The molecule has 2 aliphatic heterocycles. The maximum Gasteiger partial charge on any atom is 0.248 e. The van der Waals surface area contributed by atoms with Gasteiger partial charge in [-0.1, -0.05) is 48.2 Å². The van der Waals surface area contributed by atoms with Gasteiger partial charge in [-0.25, -0.2) is 9.36 Å². The lowest BCUT2D eigenvalue weighted by atomic mass is 10.1. The quantitative estimate of drug-likeness (QED) is 0.0822. The number of likely N-dealkylation sites (tertiary alicyclic amines) is 2. The second kappa shape index (κ2) is 26.0. The predicted molar refractivity (Wildman–Crippen MR) is 254 cm³/mol. The molecule has 362 valence electrons. The van der Waals surface area contributed by atoms with Crippen LogP contribution in [0.3, 0.4) is 0 Å².